The van der Waals surface area contributed by atoms with Crippen LogP contribution >= 0.6 is 22.9 Å². The topological polar surface area (TPSA) is 69.6 Å². The summed E-state index contributed by atoms with van der Waals surface area (Å²) in [5.74, 6) is -0.0172. The van der Waals surface area contributed by atoms with Gasteiger partial charge in [0, 0.05) is 43.4 Å². The predicted molar refractivity (Wildman–Crippen MR) is 121 cm³/mol. The molecule has 0 bridgehead atoms. The number of hydrogen-bond donors (Lipinski definition) is 0. The summed E-state index contributed by atoms with van der Waals surface area (Å²) in [6, 6.07) is 12.4. The summed E-state index contributed by atoms with van der Waals surface area (Å²) < 4.78 is 0. The van der Waals surface area contributed by atoms with E-state index in [0.29, 0.717) is 54.1 Å². The first-order valence-electron chi connectivity index (χ1n) is 9.83. The van der Waals surface area contributed by atoms with Crippen LogP contribution < -0.4 is 9.80 Å². The highest BCUT2D eigenvalue weighted by Gasteiger charge is 2.44. The number of aromatic nitrogens is 2. The second-order valence-corrected chi connectivity index (χ2v) is 8.48. The van der Waals surface area contributed by atoms with Crippen LogP contribution in [0.2, 0.25) is 5.02 Å². The van der Waals surface area contributed by atoms with E-state index in [9.17, 15) is 9.59 Å². The first kappa shape index (κ1) is 19.7. The number of nitrogens with zero attached hydrogens (tertiary/aromatic N) is 5. The lowest BCUT2D eigenvalue weighted by Gasteiger charge is -2.36. The average Bonchev–Trinajstić information content (AvgIpc) is 3.41. The smallest absolute Gasteiger partial charge is 0.282 e. The number of rotatable bonds is 4. The molecule has 0 N–H and O–H groups in total. The molecule has 0 unspecified atom stereocenters. The van der Waals surface area contributed by atoms with Gasteiger partial charge in [0.05, 0.1) is 16.3 Å². The van der Waals surface area contributed by atoms with E-state index in [4.69, 9.17) is 11.6 Å². The van der Waals surface area contributed by atoms with Crippen molar-refractivity contribution >= 4 is 52.0 Å². The third kappa shape index (κ3) is 3.47. The number of piperazine rings is 1. The van der Waals surface area contributed by atoms with Gasteiger partial charge in [-0.1, -0.05) is 29.8 Å². The average molecular weight is 452 g/mol. The van der Waals surface area contributed by atoms with Crippen LogP contribution in [0, 0.1) is 0 Å². The number of hydrogen-bond acceptors (Lipinski definition) is 7. The van der Waals surface area contributed by atoms with Crippen LogP contribution in [0.25, 0.3) is 5.57 Å². The van der Waals surface area contributed by atoms with Gasteiger partial charge < -0.3 is 9.80 Å². The third-order valence-corrected chi connectivity index (χ3v) is 6.56. The summed E-state index contributed by atoms with van der Waals surface area (Å²) in [5, 5.41) is 2.27. The van der Waals surface area contributed by atoms with Gasteiger partial charge in [0.15, 0.2) is 0 Å². The molecule has 3 aromatic rings. The Hall–Kier alpha value is -3.23. The van der Waals surface area contributed by atoms with E-state index in [2.05, 4.69) is 14.9 Å². The van der Waals surface area contributed by atoms with Gasteiger partial charge in [-0.05, 0) is 29.6 Å². The molecule has 7 nitrogen and oxygen atoms in total. The molecule has 0 saturated carbocycles. The van der Waals surface area contributed by atoms with E-state index in [0.717, 1.165) is 4.88 Å². The standard InChI is InChI=1S/C22H18ClN5O2S/c23-15-5-1-2-6-16(15)28-20(29)18(17-7-3-14-31-17)19(21(28)30)26-10-12-27(13-11-26)22-24-8-4-9-25-22/h1-9,14H,10-13H2. The largest absolute Gasteiger partial charge is 0.363 e. The minimum absolute atomic E-state index is 0.342. The van der Waals surface area contributed by atoms with E-state index in [-0.39, 0.29) is 11.8 Å². The van der Waals surface area contributed by atoms with Crippen molar-refractivity contribution in [2.75, 3.05) is 36.0 Å². The molecule has 0 radical (unpaired) electrons. The van der Waals surface area contributed by atoms with Crippen LogP contribution in [0.4, 0.5) is 11.6 Å². The van der Waals surface area contributed by atoms with Crippen molar-refractivity contribution < 1.29 is 9.59 Å². The maximum absolute atomic E-state index is 13.5. The molecule has 31 heavy (non-hydrogen) atoms. The van der Waals surface area contributed by atoms with E-state index in [1.54, 1.807) is 42.7 Å². The number of halogens is 1. The summed E-state index contributed by atoms with van der Waals surface area (Å²) >= 11 is 7.78. The molecule has 0 spiro atoms. The molecule has 2 aliphatic heterocycles. The monoisotopic (exact) mass is 451 g/mol. The molecule has 156 valence electrons. The van der Waals surface area contributed by atoms with Crippen molar-refractivity contribution in [2.24, 2.45) is 0 Å². The van der Waals surface area contributed by atoms with Gasteiger partial charge in [0.2, 0.25) is 5.95 Å². The van der Waals surface area contributed by atoms with Crippen LogP contribution in [0.15, 0.2) is 65.9 Å². The Morgan fingerprint density at radius 1 is 0.839 bits per heavy atom. The summed E-state index contributed by atoms with van der Waals surface area (Å²) in [5.41, 5.74) is 1.27. The molecule has 2 aliphatic rings. The fourth-order valence-electron chi connectivity index (χ4n) is 3.89. The molecule has 9 heteroatoms. The molecular formula is C22H18ClN5O2S. The van der Waals surface area contributed by atoms with E-state index >= 15 is 0 Å². The quantitative estimate of drug-likeness (QED) is 0.567. The normalized spacial score (nSPS) is 17.1. The van der Waals surface area contributed by atoms with Crippen LogP contribution in [0.5, 0.6) is 0 Å². The zero-order valence-corrected chi connectivity index (χ0v) is 18.0. The molecule has 0 aliphatic carbocycles. The van der Waals surface area contributed by atoms with Gasteiger partial charge in [-0.3, -0.25) is 9.59 Å². The molecule has 0 atom stereocenters. The number of imide groups is 1. The molecule has 2 amide bonds. The highest BCUT2D eigenvalue weighted by atomic mass is 35.5. The Morgan fingerprint density at radius 3 is 2.23 bits per heavy atom. The van der Waals surface area contributed by atoms with Gasteiger partial charge >= 0.3 is 0 Å². The lowest BCUT2D eigenvalue weighted by atomic mass is 10.1. The summed E-state index contributed by atoms with van der Waals surface area (Å²) in [6.07, 6.45) is 3.43. The Kier molecular flexibility index (Phi) is 5.17. The number of anilines is 2. The minimum Gasteiger partial charge on any atom is -0.363 e. The zero-order valence-electron chi connectivity index (χ0n) is 16.4. The van der Waals surface area contributed by atoms with Gasteiger partial charge in [-0.2, -0.15) is 0 Å². The first-order chi connectivity index (χ1) is 15.1. The second-order valence-electron chi connectivity index (χ2n) is 7.12. The molecule has 4 heterocycles. The second kappa shape index (κ2) is 8.13. The van der Waals surface area contributed by atoms with Crippen LogP contribution in [-0.2, 0) is 9.59 Å². The number of amides is 2. The van der Waals surface area contributed by atoms with Gasteiger partial charge in [-0.15, -0.1) is 11.3 Å². The van der Waals surface area contributed by atoms with Crippen LogP contribution in [-0.4, -0.2) is 52.9 Å². The molecular weight excluding hydrogens is 434 g/mol. The number of carbonyl (C=O) groups excluding carboxylic acids is 2. The highest BCUT2D eigenvalue weighted by molar-refractivity contribution is 7.11. The Labute approximate surface area is 188 Å². The fraction of sp³-hybridized carbons (Fsp3) is 0.182. The van der Waals surface area contributed by atoms with Crippen molar-refractivity contribution in [1.29, 1.82) is 0 Å². The third-order valence-electron chi connectivity index (χ3n) is 5.35. The van der Waals surface area contributed by atoms with Crippen molar-refractivity contribution in [1.82, 2.24) is 14.9 Å². The van der Waals surface area contributed by atoms with Crippen LogP contribution in [0.3, 0.4) is 0 Å². The maximum atomic E-state index is 13.5. The summed E-state index contributed by atoms with van der Waals surface area (Å²) in [4.78, 5) is 41.6. The number of para-hydroxylation sites is 1. The van der Waals surface area contributed by atoms with Crippen molar-refractivity contribution in [3.8, 4) is 0 Å². The number of carbonyl (C=O) groups is 2. The number of benzene rings is 1. The fourth-order valence-corrected chi connectivity index (χ4v) is 4.87. The van der Waals surface area contributed by atoms with E-state index < -0.39 is 0 Å². The first-order valence-corrected chi connectivity index (χ1v) is 11.1. The SMILES string of the molecule is O=C1C(c2cccs2)=C(N2CCN(c3ncccn3)CC2)C(=O)N1c1ccccc1Cl. The molecule has 1 fully saturated rings. The maximum Gasteiger partial charge on any atom is 0.282 e. The molecule has 5 rings (SSSR count). The molecule has 1 saturated heterocycles. The Bertz CT molecular complexity index is 1160. The number of thiophene rings is 1. The Morgan fingerprint density at radius 2 is 1.55 bits per heavy atom. The lowest BCUT2D eigenvalue weighted by molar-refractivity contribution is -0.120. The lowest BCUT2D eigenvalue weighted by Crippen LogP contribution is -2.48. The Balaban J connectivity index is 1.49. The van der Waals surface area contributed by atoms with Gasteiger partial charge in [0.25, 0.3) is 11.8 Å². The van der Waals surface area contributed by atoms with E-state index in [1.807, 2.05) is 22.4 Å². The van der Waals surface area contributed by atoms with Crippen molar-refractivity contribution in [3.05, 3.63) is 75.8 Å². The van der Waals surface area contributed by atoms with Gasteiger partial charge in [-0.25, -0.2) is 14.9 Å². The molecule has 2 aromatic heterocycles. The zero-order chi connectivity index (χ0) is 21.4. The molecule has 1 aromatic carbocycles. The minimum atomic E-state index is -0.343. The van der Waals surface area contributed by atoms with Crippen molar-refractivity contribution in [2.45, 2.75) is 0 Å². The van der Waals surface area contributed by atoms with E-state index in [1.165, 1.54) is 16.2 Å². The van der Waals surface area contributed by atoms with Crippen LogP contribution in [0.1, 0.15) is 4.88 Å². The highest BCUT2D eigenvalue weighted by Crippen LogP contribution is 2.39. The summed E-state index contributed by atoms with van der Waals surface area (Å²) in [7, 11) is 0. The summed E-state index contributed by atoms with van der Waals surface area (Å²) in [6.45, 7) is 2.47. The van der Waals surface area contributed by atoms with Gasteiger partial charge in [0.1, 0.15) is 5.70 Å². The van der Waals surface area contributed by atoms with Crippen molar-refractivity contribution in [3.63, 3.8) is 0 Å². The predicted octanol–water partition coefficient (Wildman–Crippen LogP) is 3.30.